The zero-order valence-corrected chi connectivity index (χ0v) is 10.5. The fourth-order valence-corrected chi connectivity index (χ4v) is 3.03. The van der Waals surface area contributed by atoms with Crippen molar-refractivity contribution in [2.75, 3.05) is 0 Å². The molecule has 1 unspecified atom stereocenters. The number of carbonyl (C=O) groups is 1. The van der Waals surface area contributed by atoms with E-state index < -0.39 is 0 Å². The number of carbonyl (C=O) groups excluding carboxylic acids is 1. The monoisotopic (exact) mass is 221 g/mol. The molecule has 2 aliphatic rings. The summed E-state index contributed by atoms with van der Waals surface area (Å²) < 4.78 is 0. The molecular formula is C14H23NO. The van der Waals surface area contributed by atoms with E-state index in [1.807, 2.05) is 0 Å². The first-order chi connectivity index (χ1) is 7.65. The summed E-state index contributed by atoms with van der Waals surface area (Å²) in [4.78, 5) is 13.7. The van der Waals surface area contributed by atoms with Crippen molar-refractivity contribution >= 4 is 6.29 Å². The zero-order chi connectivity index (χ0) is 11.6. The van der Waals surface area contributed by atoms with Crippen LogP contribution in [0.4, 0.5) is 0 Å². The van der Waals surface area contributed by atoms with Crippen LogP contribution in [-0.2, 0) is 4.79 Å². The molecule has 2 heteroatoms. The minimum absolute atomic E-state index is 0.248. The van der Waals surface area contributed by atoms with E-state index in [0.717, 1.165) is 19.1 Å². The van der Waals surface area contributed by atoms with Crippen molar-refractivity contribution in [3.63, 3.8) is 0 Å². The highest BCUT2D eigenvalue weighted by Gasteiger charge is 2.36. The highest BCUT2D eigenvalue weighted by molar-refractivity contribution is 5.64. The molecule has 2 rings (SSSR count). The lowest BCUT2D eigenvalue weighted by atomic mass is 9.84. The van der Waals surface area contributed by atoms with Crippen molar-refractivity contribution in [1.82, 2.24) is 4.90 Å². The van der Waals surface area contributed by atoms with Crippen molar-refractivity contribution < 1.29 is 4.79 Å². The minimum Gasteiger partial charge on any atom is -0.362 e. The van der Waals surface area contributed by atoms with E-state index in [2.05, 4.69) is 24.9 Å². The van der Waals surface area contributed by atoms with Crippen LogP contribution in [-0.4, -0.2) is 22.8 Å². The third-order valence-electron chi connectivity index (χ3n) is 4.20. The smallest absolute Gasteiger partial charge is 0.145 e. The Morgan fingerprint density at radius 1 is 1.38 bits per heavy atom. The van der Waals surface area contributed by atoms with Gasteiger partial charge in [-0.1, -0.05) is 24.8 Å². The molecule has 0 saturated heterocycles. The number of hydrogen-bond acceptors (Lipinski definition) is 2. The van der Waals surface area contributed by atoms with Gasteiger partial charge in [-0.05, 0) is 45.7 Å². The quantitative estimate of drug-likeness (QED) is 0.667. The summed E-state index contributed by atoms with van der Waals surface area (Å²) in [5.41, 5.74) is 1.17. The van der Waals surface area contributed by atoms with Crippen LogP contribution in [0, 0.1) is 0 Å². The van der Waals surface area contributed by atoms with E-state index in [1.165, 1.54) is 37.7 Å². The maximum atomic E-state index is 11.4. The summed E-state index contributed by atoms with van der Waals surface area (Å²) in [6.07, 6.45) is 12.0. The topological polar surface area (TPSA) is 20.3 Å². The molecule has 1 atom stereocenters. The summed E-state index contributed by atoms with van der Waals surface area (Å²) in [6, 6.07) is 0.596. The summed E-state index contributed by atoms with van der Waals surface area (Å²) >= 11 is 0. The highest BCUT2D eigenvalue weighted by atomic mass is 16.1. The van der Waals surface area contributed by atoms with Gasteiger partial charge in [0.1, 0.15) is 6.29 Å². The van der Waals surface area contributed by atoms with Gasteiger partial charge in [0.2, 0.25) is 0 Å². The molecule has 2 nitrogen and oxygen atoms in total. The lowest BCUT2D eigenvalue weighted by molar-refractivity contribution is -0.118. The van der Waals surface area contributed by atoms with Gasteiger partial charge in [0, 0.05) is 6.04 Å². The molecule has 0 amide bonds. The standard InChI is InChI=1S/C14H23NO/c1-12-8-9-14(2,11-16)15(10-12)13-6-4-3-5-7-13/h10-11,13H,3-9H2,1-2H3. The second-order valence-corrected chi connectivity index (χ2v) is 5.65. The lowest BCUT2D eigenvalue weighted by Crippen LogP contribution is -2.52. The van der Waals surface area contributed by atoms with Crippen molar-refractivity contribution in [3.8, 4) is 0 Å². The number of allylic oxidation sites excluding steroid dienone is 1. The van der Waals surface area contributed by atoms with Gasteiger partial charge < -0.3 is 9.69 Å². The van der Waals surface area contributed by atoms with E-state index >= 15 is 0 Å². The predicted molar refractivity (Wildman–Crippen MR) is 66.2 cm³/mol. The first-order valence-electron chi connectivity index (χ1n) is 6.58. The van der Waals surface area contributed by atoms with Crippen LogP contribution in [0.2, 0.25) is 0 Å². The summed E-state index contributed by atoms with van der Waals surface area (Å²) in [7, 11) is 0. The van der Waals surface area contributed by atoms with Crippen LogP contribution in [0.1, 0.15) is 58.8 Å². The first kappa shape index (κ1) is 11.7. The molecule has 1 heterocycles. The Hall–Kier alpha value is -0.790. The van der Waals surface area contributed by atoms with Gasteiger partial charge in [-0.3, -0.25) is 0 Å². The number of aldehydes is 1. The van der Waals surface area contributed by atoms with Gasteiger partial charge in [-0.25, -0.2) is 0 Å². The molecule has 16 heavy (non-hydrogen) atoms. The fraction of sp³-hybridized carbons (Fsp3) is 0.786. The molecule has 0 N–H and O–H groups in total. The lowest BCUT2D eigenvalue weighted by Gasteiger charge is -2.46. The Morgan fingerprint density at radius 2 is 2.06 bits per heavy atom. The van der Waals surface area contributed by atoms with Crippen LogP contribution in [0.25, 0.3) is 0 Å². The minimum atomic E-state index is -0.248. The molecule has 0 spiro atoms. The van der Waals surface area contributed by atoms with E-state index in [-0.39, 0.29) is 5.54 Å². The van der Waals surface area contributed by atoms with Gasteiger partial charge in [0.05, 0.1) is 5.54 Å². The molecule has 0 aromatic heterocycles. The van der Waals surface area contributed by atoms with Gasteiger partial charge in [-0.15, -0.1) is 0 Å². The molecular weight excluding hydrogens is 198 g/mol. The molecule has 0 bridgehead atoms. The van der Waals surface area contributed by atoms with E-state index in [0.29, 0.717) is 6.04 Å². The van der Waals surface area contributed by atoms with Crippen LogP contribution < -0.4 is 0 Å². The maximum Gasteiger partial charge on any atom is 0.145 e. The normalized spacial score (nSPS) is 32.4. The zero-order valence-electron chi connectivity index (χ0n) is 10.5. The van der Waals surface area contributed by atoms with E-state index in [4.69, 9.17) is 0 Å². The van der Waals surface area contributed by atoms with Crippen molar-refractivity contribution in [3.05, 3.63) is 11.8 Å². The summed E-state index contributed by atoms with van der Waals surface area (Å²) in [5.74, 6) is 0. The van der Waals surface area contributed by atoms with Crippen molar-refractivity contribution in [1.29, 1.82) is 0 Å². The SMILES string of the molecule is CC1=CN(C2CCCCC2)C(C)(C=O)CC1. The maximum absolute atomic E-state index is 11.4. The van der Waals surface area contributed by atoms with Gasteiger partial charge in [0.15, 0.2) is 0 Å². The summed E-state index contributed by atoms with van der Waals surface area (Å²) in [6.45, 7) is 4.28. The van der Waals surface area contributed by atoms with Crippen LogP contribution in [0.15, 0.2) is 11.8 Å². The van der Waals surface area contributed by atoms with Gasteiger partial charge >= 0.3 is 0 Å². The fourth-order valence-electron chi connectivity index (χ4n) is 3.03. The molecule has 0 radical (unpaired) electrons. The number of hydrogen-bond donors (Lipinski definition) is 0. The molecule has 0 aromatic carbocycles. The Bertz CT molecular complexity index is 291. The Kier molecular flexibility index (Phi) is 3.36. The predicted octanol–water partition coefficient (Wildman–Crippen LogP) is 3.28. The molecule has 1 fully saturated rings. The Labute approximate surface area is 98.7 Å². The Balaban J connectivity index is 2.19. The third-order valence-corrected chi connectivity index (χ3v) is 4.20. The van der Waals surface area contributed by atoms with Crippen molar-refractivity contribution in [2.45, 2.75) is 70.4 Å². The third kappa shape index (κ3) is 2.16. The molecule has 1 aliphatic carbocycles. The molecule has 90 valence electrons. The van der Waals surface area contributed by atoms with E-state index in [1.54, 1.807) is 0 Å². The average Bonchev–Trinajstić information content (AvgIpc) is 2.33. The van der Waals surface area contributed by atoms with Crippen LogP contribution in [0.5, 0.6) is 0 Å². The second kappa shape index (κ2) is 4.60. The molecule has 0 aromatic rings. The van der Waals surface area contributed by atoms with Crippen LogP contribution in [0.3, 0.4) is 0 Å². The largest absolute Gasteiger partial charge is 0.362 e. The van der Waals surface area contributed by atoms with Gasteiger partial charge in [0.25, 0.3) is 0 Å². The number of nitrogens with zero attached hydrogens (tertiary/aromatic N) is 1. The van der Waals surface area contributed by atoms with Crippen LogP contribution >= 0.6 is 0 Å². The number of rotatable bonds is 2. The summed E-state index contributed by atoms with van der Waals surface area (Å²) in [5, 5.41) is 0. The first-order valence-corrected chi connectivity index (χ1v) is 6.58. The molecule has 1 saturated carbocycles. The molecule has 1 aliphatic heterocycles. The highest BCUT2D eigenvalue weighted by Crippen LogP contribution is 2.34. The van der Waals surface area contributed by atoms with E-state index in [9.17, 15) is 4.79 Å². The van der Waals surface area contributed by atoms with Crippen molar-refractivity contribution in [2.24, 2.45) is 0 Å². The average molecular weight is 221 g/mol. The second-order valence-electron chi connectivity index (χ2n) is 5.65. The van der Waals surface area contributed by atoms with Gasteiger partial charge in [-0.2, -0.15) is 0 Å². The Morgan fingerprint density at radius 3 is 2.69 bits per heavy atom.